The third-order valence-electron chi connectivity index (χ3n) is 1.64. The van der Waals surface area contributed by atoms with Gasteiger partial charge in [-0.3, -0.25) is 4.79 Å². The van der Waals surface area contributed by atoms with E-state index in [1.54, 1.807) is 0 Å². The quantitative estimate of drug-likeness (QED) is 0.653. The van der Waals surface area contributed by atoms with Crippen LogP contribution in [0.5, 0.6) is 0 Å². The predicted molar refractivity (Wildman–Crippen MR) is 64.3 cm³/mol. The Hall–Kier alpha value is -0.320. The van der Waals surface area contributed by atoms with Crippen molar-refractivity contribution >= 4 is 18.3 Å². The van der Waals surface area contributed by atoms with Crippen molar-refractivity contribution in [3.05, 3.63) is 0 Å². The lowest BCUT2D eigenvalue weighted by atomic mass is 10.1. The Labute approximate surface area is 98.3 Å². The highest BCUT2D eigenvalue weighted by Crippen LogP contribution is 1.95. The van der Waals surface area contributed by atoms with Crippen LogP contribution in [-0.4, -0.2) is 31.2 Å². The van der Waals surface area contributed by atoms with Crippen molar-refractivity contribution in [2.24, 2.45) is 5.73 Å². The van der Waals surface area contributed by atoms with Crippen LogP contribution < -0.4 is 11.1 Å². The van der Waals surface area contributed by atoms with Gasteiger partial charge in [0.05, 0.1) is 0 Å². The molecule has 0 aromatic heterocycles. The van der Waals surface area contributed by atoms with E-state index in [0.29, 0.717) is 26.2 Å². The molecule has 4 nitrogen and oxygen atoms in total. The van der Waals surface area contributed by atoms with Crippen LogP contribution in [0.25, 0.3) is 0 Å². The number of rotatable bonds is 7. The predicted octanol–water partition coefficient (Wildman–Crippen LogP) is 1.08. The average Bonchev–Trinajstić information content (AvgIpc) is 2.08. The van der Waals surface area contributed by atoms with E-state index in [0.717, 1.165) is 6.42 Å². The van der Waals surface area contributed by atoms with Crippen LogP contribution in [0, 0.1) is 0 Å². The Balaban J connectivity index is 0. The standard InChI is InChI=1S/C10H22N2O2.ClH/c1-4-14-7-5-6-9(13)12-8-10(2,3)11;/h4-8,11H2,1-3H3,(H,12,13);1H. The van der Waals surface area contributed by atoms with Crippen LogP contribution in [-0.2, 0) is 9.53 Å². The fourth-order valence-corrected chi connectivity index (χ4v) is 0.894. The summed E-state index contributed by atoms with van der Waals surface area (Å²) in [5.41, 5.74) is 5.38. The molecule has 0 unspecified atom stereocenters. The van der Waals surface area contributed by atoms with E-state index in [9.17, 15) is 4.79 Å². The van der Waals surface area contributed by atoms with E-state index >= 15 is 0 Å². The average molecular weight is 239 g/mol. The summed E-state index contributed by atoms with van der Waals surface area (Å²) in [7, 11) is 0. The molecule has 0 rings (SSSR count). The first-order valence-electron chi connectivity index (χ1n) is 5.09. The second-order valence-electron chi connectivity index (χ2n) is 4.07. The van der Waals surface area contributed by atoms with Gasteiger partial charge in [-0.1, -0.05) is 0 Å². The summed E-state index contributed by atoms with van der Waals surface area (Å²) in [4.78, 5) is 11.2. The van der Waals surface area contributed by atoms with E-state index in [2.05, 4.69) is 5.32 Å². The maximum atomic E-state index is 11.2. The summed E-state index contributed by atoms with van der Waals surface area (Å²) in [6, 6.07) is 0. The van der Waals surface area contributed by atoms with E-state index in [4.69, 9.17) is 10.5 Å². The third-order valence-corrected chi connectivity index (χ3v) is 1.64. The molecule has 0 spiro atoms. The van der Waals surface area contributed by atoms with Gasteiger partial charge in [-0.05, 0) is 27.2 Å². The lowest BCUT2D eigenvalue weighted by Crippen LogP contribution is -2.45. The molecule has 0 atom stereocenters. The maximum absolute atomic E-state index is 11.2. The first-order chi connectivity index (χ1) is 6.45. The molecule has 1 amide bonds. The first kappa shape index (κ1) is 17.1. The van der Waals surface area contributed by atoms with Crippen LogP contribution in [0.2, 0.25) is 0 Å². The number of carbonyl (C=O) groups is 1. The molecule has 0 saturated heterocycles. The van der Waals surface area contributed by atoms with Gasteiger partial charge in [-0.2, -0.15) is 0 Å². The largest absolute Gasteiger partial charge is 0.382 e. The summed E-state index contributed by atoms with van der Waals surface area (Å²) in [6.07, 6.45) is 1.28. The molecular formula is C10H23ClN2O2. The van der Waals surface area contributed by atoms with Crippen LogP contribution in [0.15, 0.2) is 0 Å². The van der Waals surface area contributed by atoms with Crippen molar-refractivity contribution in [1.82, 2.24) is 5.32 Å². The zero-order valence-corrected chi connectivity index (χ0v) is 10.7. The van der Waals surface area contributed by atoms with Crippen molar-refractivity contribution in [1.29, 1.82) is 0 Å². The third kappa shape index (κ3) is 13.7. The zero-order chi connectivity index (χ0) is 11.0. The fourth-order valence-electron chi connectivity index (χ4n) is 0.894. The number of halogens is 1. The Morgan fingerprint density at radius 3 is 2.53 bits per heavy atom. The molecule has 92 valence electrons. The summed E-state index contributed by atoms with van der Waals surface area (Å²) in [5.74, 6) is 0.0447. The summed E-state index contributed by atoms with van der Waals surface area (Å²) in [6.45, 7) is 7.58. The molecular weight excluding hydrogens is 216 g/mol. The van der Waals surface area contributed by atoms with Gasteiger partial charge < -0.3 is 15.8 Å². The molecule has 0 aromatic rings. The second kappa shape index (κ2) is 8.95. The van der Waals surface area contributed by atoms with Gasteiger partial charge in [-0.15, -0.1) is 12.4 Å². The number of carbonyl (C=O) groups excluding carboxylic acids is 1. The Morgan fingerprint density at radius 1 is 1.47 bits per heavy atom. The Bertz CT molecular complexity index is 169. The monoisotopic (exact) mass is 238 g/mol. The highest BCUT2D eigenvalue weighted by atomic mass is 35.5. The van der Waals surface area contributed by atoms with Gasteiger partial charge >= 0.3 is 0 Å². The van der Waals surface area contributed by atoms with Crippen molar-refractivity contribution in [3.63, 3.8) is 0 Å². The van der Waals surface area contributed by atoms with Crippen molar-refractivity contribution in [3.8, 4) is 0 Å². The lowest BCUT2D eigenvalue weighted by Gasteiger charge is -2.18. The van der Waals surface area contributed by atoms with Crippen molar-refractivity contribution < 1.29 is 9.53 Å². The highest BCUT2D eigenvalue weighted by Gasteiger charge is 2.11. The van der Waals surface area contributed by atoms with Crippen LogP contribution in [0.4, 0.5) is 0 Å². The minimum Gasteiger partial charge on any atom is -0.382 e. The topological polar surface area (TPSA) is 64.3 Å². The van der Waals surface area contributed by atoms with Crippen LogP contribution in [0.3, 0.4) is 0 Å². The molecule has 5 heteroatoms. The maximum Gasteiger partial charge on any atom is 0.220 e. The van der Waals surface area contributed by atoms with E-state index in [1.165, 1.54) is 0 Å². The van der Waals surface area contributed by atoms with Crippen LogP contribution in [0.1, 0.15) is 33.6 Å². The minimum absolute atomic E-state index is 0. The summed E-state index contributed by atoms with van der Waals surface area (Å²) < 4.78 is 5.12. The Morgan fingerprint density at radius 2 is 2.07 bits per heavy atom. The van der Waals surface area contributed by atoms with Gasteiger partial charge in [-0.25, -0.2) is 0 Å². The molecule has 0 bridgehead atoms. The molecule has 3 N–H and O–H groups in total. The number of amides is 1. The molecule has 0 aliphatic rings. The summed E-state index contributed by atoms with van der Waals surface area (Å²) in [5, 5.41) is 2.78. The highest BCUT2D eigenvalue weighted by molar-refractivity contribution is 5.85. The molecule has 15 heavy (non-hydrogen) atoms. The molecule has 0 fully saturated rings. The number of hydrogen-bond acceptors (Lipinski definition) is 3. The first-order valence-corrected chi connectivity index (χ1v) is 5.09. The minimum atomic E-state index is -0.338. The Kier molecular flexibility index (Phi) is 10.2. The molecule has 0 aliphatic heterocycles. The van der Waals surface area contributed by atoms with Gasteiger partial charge in [0.1, 0.15) is 0 Å². The molecule has 0 saturated carbocycles. The summed E-state index contributed by atoms with van der Waals surface area (Å²) >= 11 is 0. The van der Waals surface area contributed by atoms with Gasteiger partial charge in [0.15, 0.2) is 0 Å². The van der Waals surface area contributed by atoms with Crippen molar-refractivity contribution in [2.45, 2.75) is 39.2 Å². The molecule has 0 aliphatic carbocycles. The SMILES string of the molecule is CCOCCCC(=O)NCC(C)(C)N.Cl. The normalized spacial score (nSPS) is 10.7. The van der Waals surface area contributed by atoms with Crippen molar-refractivity contribution in [2.75, 3.05) is 19.8 Å². The smallest absolute Gasteiger partial charge is 0.220 e. The molecule has 0 aromatic carbocycles. The van der Waals surface area contributed by atoms with E-state index in [-0.39, 0.29) is 23.9 Å². The van der Waals surface area contributed by atoms with E-state index in [1.807, 2.05) is 20.8 Å². The van der Waals surface area contributed by atoms with Crippen LogP contribution >= 0.6 is 12.4 Å². The van der Waals surface area contributed by atoms with Gasteiger partial charge in [0.2, 0.25) is 5.91 Å². The number of ether oxygens (including phenoxy) is 1. The number of nitrogens with two attached hydrogens (primary N) is 1. The van der Waals surface area contributed by atoms with E-state index < -0.39 is 0 Å². The zero-order valence-electron chi connectivity index (χ0n) is 9.84. The number of hydrogen-bond donors (Lipinski definition) is 2. The van der Waals surface area contributed by atoms with Gasteiger partial charge in [0.25, 0.3) is 0 Å². The second-order valence-corrected chi connectivity index (χ2v) is 4.07. The lowest BCUT2D eigenvalue weighted by molar-refractivity contribution is -0.121. The number of nitrogens with one attached hydrogen (secondary N) is 1. The van der Waals surface area contributed by atoms with Gasteiger partial charge in [0, 0.05) is 31.7 Å². The molecule has 0 heterocycles. The molecule has 0 radical (unpaired) electrons. The fraction of sp³-hybridized carbons (Fsp3) is 0.900.